The molecule has 1 unspecified atom stereocenters. The number of nitrogens with zero attached hydrogens (tertiary/aromatic N) is 2. The molecule has 4 aromatic rings. The van der Waals surface area contributed by atoms with Gasteiger partial charge in [0.15, 0.2) is 0 Å². The summed E-state index contributed by atoms with van der Waals surface area (Å²) in [5.41, 5.74) is 3.21. The zero-order chi connectivity index (χ0) is 21.6. The predicted molar refractivity (Wildman–Crippen MR) is 121 cm³/mol. The molecule has 5 nitrogen and oxygen atoms in total. The molecule has 3 aromatic carbocycles. The van der Waals surface area contributed by atoms with Crippen LogP contribution in [-0.2, 0) is 22.8 Å². The van der Waals surface area contributed by atoms with Gasteiger partial charge in [0.1, 0.15) is 0 Å². The van der Waals surface area contributed by atoms with Crippen LogP contribution in [-0.4, -0.2) is 16.1 Å². The van der Waals surface area contributed by atoms with Crippen LogP contribution in [0.15, 0.2) is 85.1 Å². The number of ether oxygens (including phenoxy) is 1. The van der Waals surface area contributed by atoms with Crippen molar-refractivity contribution in [3.8, 4) is 0 Å². The van der Waals surface area contributed by atoms with Crippen LogP contribution in [0.5, 0.6) is 0 Å². The number of non-ortho nitro benzene ring substituents is 1. The van der Waals surface area contributed by atoms with E-state index < -0.39 is 5.60 Å². The number of fused-ring (bicyclic) bond motifs is 1. The van der Waals surface area contributed by atoms with Crippen molar-refractivity contribution in [3.63, 3.8) is 0 Å². The zero-order valence-electron chi connectivity index (χ0n) is 17.6. The molecular weight excluding hydrogens is 388 g/mol. The van der Waals surface area contributed by atoms with Gasteiger partial charge in [0.25, 0.3) is 5.69 Å². The molecule has 0 spiro atoms. The molecule has 5 rings (SSSR count). The van der Waals surface area contributed by atoms with E-state index in [1.54, 1.807) is 12.1 Å². The first-order valence-electron chi connectivity index (χ1n) is 10.4. The van der Waals surface area contributed by atoms with Crippen LogP contribution in [0.1, 0.15) is 30.0 Å². The van der Waals surface area contributed by atoms with Gasteiger partial charge in [-0.25, -0.2) is 0 Å². The van der Waals surface area contributed by atoms with Crippen molar-refractivity contribution in [3.05, 3.63) is 112 Å². The highest BCUT2D eigenvalue weighted by Gasteiger charge is 2.51. The van der Waals surface area contributed by atoms with E-state index in [9.17, 15) is 10.1 Å². The number of hydrogen-bond donors (Lipinski definition) is 0. The Morgan fingerprint density at radius 3 is 2.13 bits per heavy atom. The van der Waals surface area contributed by atoms with E-state index in [0.717, 1.165) is 11.1 Å². The van der Waals surface area contributed by atoms with E-state index >= 15 is 0 Å². The molecule has 1 fully saturated rings. The Bertz CT molecular complexity index is 1220. The van der Waals surface area contributed by atoms with E-state index in [1.807, 2.05) is 36.0 Å². The summed E-state index contributed by atoms with van der Waals surface area (Å²) in [5, 5.41) is 12.5. The third-order valence-corrected chi connectivity index (χ3v) is 6.69. The lowest BCUT2D eigenvalue weighted by Crippen LogP contribution is -2.30. The highest BCUT2D eigenvalue weighted by Crippen LogP contribution is 2.52. The van der Waals surface area contributed by atoms with Crippen molar-refractivity contribution >= 4 is 16.6 Å². The van der Waals surface area contributed by atoms with Gasteiger partial charge in [0, 0.05) is 30.3 Å². The van der Waals surface area contributed by atoms with Crippen LogP contribution in [0.25, 0.3) is 10.9 Å². The molecule has 0 bridgehead atoms. The fourth-order valence-electron chi connectivity index (χ4n) is 5.16. The smallest absolute Gasteiger partial charge is 0.279 e. The SMILES string of the molecule is Cn1cc(C2(C)CC(c3ccccc3)(c3ccccc3)CO2)c2c([N+](=O)[O-])cccc21. The number of aromatic nitrogens is 1. The van der Waals surface area contributed by atoms with Crippen LogP contribution in [0.2, 0.25) is 0 Å². The van der Waals surface area contributed by atoms with Crippen molar-refractivity contribution in [2.75, 3.05) is 6.61 Å². The Labute approximate surface area is 181 Å². The van der Waals surface area contributed by atoms with Crippen molar-refractivity contribution in [2.45, 2.75) is 24.4 Å². The second-order valence-electron chi connectivity index (χ2n) is 8.59. The summed E-state index contributed by atoms with van der Waals surface area (Å²) in [6.45, 7) is 2.57. The van der Waals surface area contributed by atoms with Gasteiger partial charge in [-0.2, -0.15) is 0 Å². The Morgan fingerprint density at radius 2 is 1.55 bits per heavy atom. The number of aryl methyl sites for hydroxylation is 1. The Kier molecular flexibility index (Phi) is 4.45. The molecule has 1 saturated heterocycles. The van der Waals surface area contributed by atoms with Crippen LogP contribution in [0, 0.1) is 10.1 Å². The van der Waals surface area contributed by atoms with Gasteiger partial charge in [-0.1, -0.05) is 66.7 Å². The number of benzene rings is 3. The summed E-state index contributed by atoms with van der Waals surface area (Å²) in [5.74, 6) is 0. The molecule has 1 aromatic heterocycles. The molecule has 1 atom stereocenters. The minimum absolute atomic E-state index is 0.120. The number of nitro benzene ring substituents is 1. The molecule has 156 valence electrons. The zero-order valence-corrected chi connectivity index (χ0v) is 17.6. The molecule has 31 heavy (non-hydrogen) atoms. The highest BCUT2D eigenvalue weighted by atomic mass is 16.6. The lowest BCUT2D eigenvalue weighted by molar-refractivity contribution is -0.383. The minimum atomic E-state index is -0.669. The lowest BCUT2D eigenvalue weighted by atomic mass is 9.70. The van der Waals surface area contributed by atoms with Crippen molar-refractivity contribution < 1.29 is 9.66 Å². The predicted octanol–water partition coefficient (Wildman–Crippen LogP) is 5.71. The molecule has 0 amide bonds. The van der Waals surface area contributed by atoms with Gasteiger partial charge >= 0.3 is 0 Å². The Hall–Kier alpha value is -3.44. The third-order valence-electron chi connectivity index (χ3n) is 6.69. The second kappa shape index (κ2) is 7.06. The first-order valence-corrected chi connectivity index (χ1v) is 10.4. The molecule has 5 heteroatoms. The standard InChI is InChI=1S/C26H24N2O3/c1-25(21-16-27(2)22-14-9-15-23(24(21)22)28(29)30)17-26(18-31-25,19-10-5-3-6-11-19)20-12-7-4-8-13-20/h3-16H,17-18H2,1-2H3. The molecule has 0 radical (unpaired) electrons. The van der Waals surface area contributed by atoms with Gasteiger partial charge in [-0.3, -0.25) is 10.1 Å². The molecule has 0 saturated carbocycles. The van der Waals surface area contributed by atoms with Crippen molar-refractivity contribution in [2.24, 2.45) is 7.05 Å². The average molecular weight is 412 g/mol. The molecule has 2 heterocycles. The lowest BCUT2D eigenvalue weighted by Gasteiger charge is -2.31. The van der Waals surface area contributed by atoms with Gasteiger partial charge in [0.2, 0.25) is 0 Å². The number of nitro groups is 1. The van der Waals surface area contributed by atoms with Crippen LogP contribution in [0.3, 0.4) is 0 Å². The minimum Gasteiger partial charge on any atom is -0.369 e. The monoisotopic (exact) mass is 412 g/mol. The number of hydrogen-bond acceptors (Lipinski definition) is 3. The molecule has 1 aliphatic heterocycles. The summed E-state index contributed by atoms with van der Waals surface area (Å²) < 4.78 is 8.53. The molecule has 0 N–H and O–H groups in total. The van der Waals surface area contributed by atoms with Crippen LogP contribution >= 0.6 is 0 Å². The van der Waals surface area contributed by atoms with E-state index in [1.165, 1.54) is 11.1 Å². The van der Waals surface area contributed by atoms with Crippen LogP contribution < -0.4 is 0 Å². The first kappa shape index (κ1) is 19.5. The van der Waals surface area contributed by atoms with E-state index in [0.29, 0.717) is 18.4 Å². The van der Waals surface area contributed by atoms with E-state index in [2.05, 4.69) is 55.5 Å². The maximum atomic E-state index is 11.8. The summed E-state index contributed by atoms with van der Waals surface area (Å²) in [6.07, 6.45) is 2.68. The van der Waals surface area contributed by atoms with Gasteiger partial charge in [0.05, 0.1) is 28.0 Å². The third kappa shape index (κ3) is 2.96. The van der Waals surface area contributed by atoms with E-state index in [4.69, 9.17) is 4.74 Å². The van der Waals surface area contributed by atoms with Gasteiger partial charge < -0.3 is 9.30 Å². The van der Waals surface area contributed by atoms with Crippen molar-refractivity contribution in [1.29, 1.82) is 0 Å². The van der Waals surface area contributed by atoms with Gasteiger partial charge in [-0.05, 0) is 30.5 Å². The number of rotatable bonds is 4. The summed E-state index contributed by atoms with van der Waals surface area (Å²) in [6, 6.07) is 26.1. The van der Waals surface area contributed by atoms with Crippen LogP contribution in [0.4, 0.5) is 5.69 Å². The topological polar surface area (TPSA) is 57.3 Å². The maximum absolute atomic E-state index is 11.8. The Morgan fingerprint density at radius 1 is 0.935 bits per heavy atom. The largest absolute Gasteiger partial charge is 0.369 e. The average Bonchev–Trinajstić information content (AvgIpc) is 3.34. The summed E-state index contributed by atoms with van der Waals surface area (Å²) >= 11 is 0. The first-order chi connectivity index (χ1) is 14.9. The fraction of sp³-hybridized carbons (Fsp3) is 0.231. The summed E-state index contributed by atoms with van der Waals surface area (Å²) in [7, 11) is 1.93. The quantitative estimate of drug-likeness (QED) is 0.319. The Balaban J connectivity index is 1.71. The van der Waals surface area contributed by atoms with Gasteiger partial charge in [-0.15, -0.1) is 0 Å². The molecule has 0 aliphatic carbocycles. The highest BCUT2D eigenvalue weighted by molar-refractivity contribution is 5.93. The molecular formula is C26H24N2O3. The summed E-state index contributed by atoms with van der Waals surface area (Å²) in [4.78, 5) is 11.5. The second-order valence-corrected chi connectivity index (χ2v) is 8.59. The van der Waals surface area contributed by atoms with E-state index in [-0.39, 0.29) is 16.0 Å². The molecule has 1 aliphatic rings. The maximum Gasteiger partial charge on any atom is 0.279 e. The van der Waals surface area contributed by atoms with Crippen molar-refractivity contribution in [1.82, 2.24) is 4.57 Å². The normalized spacial score (nSPS) is 20.2. The fourth-order valence-corrected chi connectivity index (χ4v) is 5.16.